The average molecular weight is 517 g/mol. The maximum atomic E-state index is 13.2. The standard InChI is InChI=1S/C26H23F3N2O4S/c1-17-7-12-21(23(32)30-25-14-24(15-25,16-25)18-5-3-2-4-6-18)22(13-17)31-36(33,34)20-10-8-19(9-11-20)35-26(27,28)29/h2-13,31H,14-16H2,1H3,(H,30,32). The van der Waals surface area contributed by atoms with Crippen LogP contribution in [0.3, 0.4) is 0 Å². The number of sulfonamides is 1. The smallest absolute Gasteiger partial charge is 0.406 e. The summed E-state index contributed by atoms with van der Waals surface area (Å²) in [6.45, 7) is 1.76. The minimum absolute atomic E-state index is 0.0903. The van der Waals surface area contributed by atoms with Crippen molar-refractivity contribution in [2.24, 2.45) is 0 Å². The monoisotopic (exact) mass is 516 g/mol. The second-order valence-corrected chi connectivity index (χ2v) is 11.3. The number of amides is 1. The van der Waals surface area contributed by atoms with Gasteiger partial charge in [0, 0.05) is 11.0 Å². The van der Waals surface area contributed by atoms with Gasteiger partial charge in [-0.05, 0) is 73.7 Å². The molecular formula is C26H23F3N2O4S. The van der Waals surface area contributed by atoms with Gasteiger partial charge >= 0.3 is 6.36 Å². The molecule has 0 atom stereocenters. The van der Waals surface area contributed by atoms with Gasteiger partial charge in [-0.2, -0.15) is 0 Å². The normalized spacial score (nSPS) is 22.7. The number of carbonyl (C=O) groups excluding carboxylic acids is 1. The van der Waals surface area contributed by atoms with Gasteiger partial charge in [0.15, 0.2) is 0 Å². The first-order valence-corrected chi connectivity index (χ1v) is 12.7. The molecule has 2 N–H and O–H groups in total. The molecule has 3 aliphatic rings. The van der Waals surface area contributed by atoms with Gasteiger partial charge in [0.05, 0.1) is 16.1 Å². The molecule has 6 nitrogen and oxygen atoms in total. The van der Waals surface area contributed by atoms with Crippen molar-refractivity contribution in [3.63, 3.8) is 0 Å². The number of anilines is 1. The Morgan fingerprint density at radius 1 is 0.944 bits per heavy atom. The van der Waals surface area contributed by atoms with Crippen molar-refractivity contribution in [1.82, 2.24) is 5.32 Å². The van der Waals surface area contributed by atoms with Crippen molar-refractivity contribution in [1.29, 1.82) is 0 Å². The highest BCUT2D eigenvalue weighted by atomic mass is 32.2. The molecule has 3 aromatic carbocycles. The first-order valence-electron chi connectivity index (χ1n) is 11.3. The number of carbonyl (C=O) groups is 1. The van der Waals surface area contributed by atoms with Gasteiger partial charge in [0.2, 0.25) is 0 Å². The van der Waals surface area contributed by atoms with E-state index >= 15 is 0 Å². The Kier molecular flexibility index (Phi) is 5.55. The molecule has 3 fully saturated rings. The number of aryl methyl sites for hydroxylation is 1. The Hall–Kier alpha value is -3.53. The molecular weight excluding hydrogens is 493 g/mol. The Morgan fingerprint density at radius 3 is 2.19 bits per heavy atom. The first-order chi connectivity index (χ1) is 16.9. The second kappa shape index (κ2) is 8.26. The lowest BCUT2D eigenvalue weighted by atomic mass is 9.37. The van der Waals surface area contributed by atoms with Crippen molar-refractivity contribution in [2.45, 2.75) is 48.4 Å². The quantitative estimate of drug-likeness (QED) is 0.447. The first kappa shape index (κ1) is 24.2. The molecule has 0 aliphatic heterocycles. The summed E-state index contributed by atoms with van der Waals surface area (Å²) in [6.07, 6.45) is -2.40. The lowest BCUT2D eigenvalue weighted by Crippen LogP contribution is -2.76. The fourth-order valence-electron chi connectivity index (χ4n) is 5.29. The number of alkyl halides is 3. The molecule has 3 saturated carbocycles. The van der Waals surface area contributed by atoms with Crippen LogP contribution >= 0.6 is 0 Å². The molecule has 0 heterocycles. The maximum Gasteiger partial charge on any atom is 0.573 e. The van der Waals surface area contributed by atoms with Crippen molar-refractivity contribution < 1.29 is 31.1 Å². The van der Waals surface area contributed by atoms with Crippen LogP contribution in [0.1, 0.15) is 40.7 Å². The molecule has 2 bridgehead atoms. The highest BCUT2D eigenvalue weighted by Crippen LogP contribution is 2.67. The molecule has 3 aromatic rings. The third kappa shape index (κ3) is 4.53. The van der Waals surface area contributed by atoms with E-state index in [2.05, 4.69) is 26.9 Å². The predicted molar refractivity (Wildman–Crippen MR) is 127 cm³/mol. The average Bonchev–Trinajstić information content (AvgIpc) is 2.75. The second-order valence-electron chi connectivity index (χ2n) is 9.58. The van der Waals surface area contributed by atoms with E-state index in [1.807, 2.05) is 18.2 Å². The van der Waals surface area contributed by atoms with Gasteiger partial charge in [-0.3, -0.25) is 9.52 Å². The summed E-state index contributed by atoms with van der Waals surface area (Å²) < 4.78 is 69.2. The fourth-order valence-corrected chi connectivity index (χ4v) is 6.36. The molecule has 36 heavy (non-hydrogen) atoms. The summed E-state index contributed by atoms with van der Waals surface area (Å²) in [5, 5.41) is 3.09. The van der Waals surface area contributed by atoms with Crippen LogP contribution in [0.4, 0.5) is 18.9 Å². The van der Waals surface area contributed by atoms with Gasteiger partial charge in [0.25, 0.3) is 15.9 Å². The SMILES string of the molecule is Cc1ccc(C(=O)NC23CC(c4ccccc4)(C2)C3)c(NS(=O)(=O)c2ccc(OC(F)(F)F)cc2)c1. The Balaban J connectivity index is 1.31. The molecule has 188 valence electrons. The third-order valence-corrected chi connectivity index (χ3v) is 8.21. The van der Waals surface area contributed by atoms with E-state index < -0.39 is 22.1 Å². The van der Waals surface area contributed by atoms with E-state index in [4.69, 9.17) is 0 Å². The highest BCUT2D eigenvalue weighted by molar-refractivity contribution is 7.92. The van der Waals surface area contributed by atoms with E-state index in [-0.39, 0.29) is 33.0 Å². The number of ether oxygens (including phenoxy) is 1. The number of rotatable bonds is 7. The Labute approximate surface area is 206 Å². The third-order valence-electron chi connectivity index (χ3n) is 6.83. The number of nitrogens with one attached hydrogen (secondary N) is 2. The van der Waals surface area contributed by atoms with Crippen LogP contribution in [-0.4, -0.2) is 26.2 Å². The number of halogens is 3. The zero-order valence-electron chi connectivity index (χ0n) is 19.2. The van der Waals surface area contributed by atoms with E-state index in [1.165, 1.54) is 5.56 Å². The molecule has 0 unspecified atom stereocenters. The molecule has 0 spiro atoms. The zero-order valence-corrected chi connectivity index (χ0v) is 20.0. The van der Waals surface area contributed by atoms with Crippen LogP contribution in [0.25, 0.3) is 0 Å². The molecule has 0 saturated heterocycles. The summed E-state index contributed by atoms with van der Waals surface area (Å²) in [7, 11) is -4.18. The van der Waals surface area contributed by atoms with Crippen molar-refractivity contribution >= 4 is 21.6 Å². The predicted octanol–water partition coefficient (Wildman–Crippen LogP) is 5.30. The highest BCUT2D eigenvalue weighted by Gasteiger charge is 2.68. The number of benzene rings is 3. The van der Waals surface area contributed by atoms with Crippen LogP contribution in [0.2, 0.25) is 0 Å². The van der Waals surface area contributed by atoms with Gasteiger partial charge in [-0.1, -0.05) is 36.4 Å². The summed E-state index contributed by atoms with van der Waals surface area (Å²) in [5.74, 6) is -0.924. The minimum Gasteiger partial charge on any atom is -0.406 e. The van der Waals surface area contributed by atoms with E-state index in [0.29, 0.717) is 0 Å². The molecule has 3 aliphatic carbocycles. The van der Waals surface area contributed by atoms with Crippen LogP contribution in [0.5, 0.6) is 5.75 Å². The van der Waals surface area contributed by atoms with Gasteiger partial charge < -0.3 is 10.1 Å². The molecule has 1 amide bonds. The lowest BCUT2D eigenvalue weighted by molar-refractivity contribution is -0.274. The Bertz CT molecular complexity index is 1400. The van der Waals surface area contributed by atoms with E-state index in [1.54, 1.807) is 25.1 Å². The molecule has 0 aromatic heterocycles. The van der Waals surface area contributed by atoms with Gasteiger partial charge in [-0.15, -0.1) is 13.2 Å². The molecule has 6 rings (SSSR count). The van der Waals surface area contributed by atoms with Gasteiger partial charge in [-0.25, -0.2) is 8.42 Å². The van der Waals surface area contributed by atoms with Gasteiger partial charge in [0.1, 0.15) is 5.75 Å². The lowest BCUT2D eigenvalue weighted by Gasteiger charge is -2.71. The fraction of sp³-hybridized carbons (Fsp3) is 0.269. The molecule has 0 radical (unpaired) electrons. The van der Waals surface area contributed by atoms with Crippen LogP contribution in [-0.2, 0) is 15.4 Å². The summed E-state index contributed by atoms with van der Waals surface area (Å²) in [5.41, 5.74) is 2.03. The topological polar surface area (TPSA) is 84.5 Å². The number of hydrogen-bond donors (Lipinski definition) is 2. The zero-order chi connectivity index (χ0) is 25.8. The van der Waals surface area contributed by atoms with Crippen molar-refractivity contribution in [2.75, 3.05) is 4.72 Å². The van der Waals surface area contributed by atoms with Crippen LogP contribution in [0.15, 0.2) is 77.7 Å². The minimum atomic E-state index is -4.89. The summed E-state index contributed by atoms with van der Waals surface area (Å²) in [4.78, 5) is 12.9. The summed E-state index contributed by atoms with van der Waals surface area (Å²) >= 11 is 0. The number of hydrogen-bond acceptors (Lipinski definition) is 4. The van der Waals surface area contributed by atoms with Crippen LogP contribution in [0, 0.1) is 6.92 Å². The Morgan fingerprint density at radius 2 is 1.58 bits per heavy atom. The maximum absolute atomic E-state index is 13.2. The van der Waals surface area contributed by atoms with Crippen molar-refractivity contribution in [3.05, 3.63) is 89.5 Å². The van der Waals surface area contributed by atoms with E-state index in [0.717, 1.165) is 49.1 Å². The largest absolute Gasteiger partial charge is 0.573 e. The summed E-state index contributed by atoms with van der Waals surface area (Å²) in [6, 6.07) is 18.8. The van der Waals surface area contributed by atoms with Crippen molar-refractivity contribution in [3.8, 4) is 5.75 Å². The van der Waals surface area contributed by atoms with E-state index in [9.17, 15) is 26.4 Å². The van der Waals surface area contributed by atoms with Crippen LogP contribution < -0.4 is 14.8 Å². The molecule has 10 heteroatoms.